The Hall–Kier alpha value is -2.04. The highest BCUT2D eigenvalue weighted by molar-refractivity contribution is 5.48. The fraction of sp³-hybridized carbons (Fsp3) is 0.273. The van der Waals surface area contributed by atoms with Gasteiger partial charge in [0, 0.05) is 11.8 Å². The highest BCUT2D eigenvalue weighted by Crippen LogP contribution is 2.10. The van der Waals surface area contributed by atoms with Gasteiger partial charge in [-0.2, -0.15) is 0 Å². The molecule has 2 rings (SSSR count). The summed E-state index contributed by atoms with van der Waals surface area (Å²) < 4.78 is 0. The molecule has 0 unspecified atom stereocenters. The van der Waals surface area contributed by atoms with Crippen molar-refractivity contribution in [3.8, 4) is 11.5 Å². The Morgan fingerprint density at radius 3 is 2.88 bits per heavy atom. The predicted molar refractivity (Wildman–Crippen MR) is 60.0 cm³/mol. The van der Waals surface area contributed by atoms with E-state index in [1.807, 2.05) is 6.92 Å². The number of nitrogens with one attached hydrogen (secondary N) is 1. The second-order valence-corrected chi connectivity index (χ2v) is 3.43. The fourth-order valence-electron chi connectivity index (χ4n) is 1.48. The molecule has 1 N–H and O–H groups in total. The van der Waals surface area contributed by atoms with Gasteiger partial charge in [-0.05, 0) is 19.4 Å². The second-order valence-electron chi connectivity index (χ2n) is 3.43. The SMILES string of the molecule is CCc1nc(-c2ccncn2)[nH]c(=O)c1C. The number of rotatable bonds is 2. The average Bonchev–Trinajstić information content (AvgIpc) is 2.33. The van der Waals surface area contributed by atoms with Crippen molar-refractivity contribution in [1.82, 2.24) is 19.9 Å². The molecule has 16 heavy (non-hydrogen) atoms. The molecule has 0 amide bonds. The van der Waals surface area contributed by atoms with Crippen LogP contribution in [0, 0.1) is 6.92 Å². The van der Waals surface area contributed by atoms with Crippen LogP contribution in [-0.4, -0.2) is 19.9 Å². The zero-order chi connectivity index (χ0) is 11.5. The third kappa shape index (κ3) is 1.84. The van der Waals surface area contributed by atoms with Gasteiger partial charge in [-0.3, -0.25) is 4.79 Å². The zero-order valence-electron chi connectivity index (χ0n) is 9.19. The van der Waals surface area contributed by atoms with E-state index in [-0.39, 0.29) is 5.56 Å². The van der Waals surface area contributed by atoms with E-state index in [2.05, 4.69) is 19.9 Å². The van der Waals surface area contributed by atoms with Crippen LogP contribution in [0.1, 0.15) is 18.2 Å². The van der Waals surface area contributed by atoms with Crippen LogP contribution >= 0.6 is 0 Å². The minimum Gasteiger partial charge on any atom is -0.305 e. The maximum Gasteiger partial charge on any atom is 0.254 e. The molecule has 2 aromatic heterocycles. The maximum absolute atomic E-state index is 11.7. The molecule has 0 saturated carbocycles. The summed E-state index contributed by atoms with van der Waals surface area (Å²) in [6, 6.07) is 1.72. The summed E-state index contributed by atoms with van der Waals surface area (Å²) in [5, 5.41) is 0. The van der Waals surface area contributed by atoms with E-state index in [1.54, 1.807) is 19.2 Å². The summed E-state index contributed by atoms with van der Waals surface area (Å²) in [5.41, 5.74) is 1.99. The summed E-state index contributed by atoms with van der Waals surface area (Å²) in [6.07, 6.45) is 3.78. The number of aromatic nitrogens is 4. The van der Waals surface area contributed by atoms with Gasteiger partial charge in [0.1, 0.15) is 12.0 Å². The van der Waals surface area contributed by atoms with E-state index in [0.29, 0.717) is 17.1 Å². The van der Waals surface area contributed by atoms with Crippen LogP contribution in [0.25, 0.3) is 11.5 Å². The van der Waals surface area contributed by atoms with Crippen LogP contribution in [0.15, 0.2) is 23.4 Å². The number of aromatic amines is 1. The van der Waals surface area contributed by atoms with Crippen molar-refractivity contribution in [3.05, 3.63) is 40.2 Å². The predicted octanol–water partition coefficient (Wildman–Crippen LogP) is 1.10. The molecule has 82 valence electrons. The molecule has 2 aromatic rings. The third-order valence-corrected chi connectivity index (χ3v) is 2.41. The Morgan fingerprint density at radius 2 is 2.25 bits per heavy atom. The first kappa shape index (κ1) is 10.5. The lowest BCUT2D eigenvalue weighted by molar-refractivity contribution is 0.946. The monoisotopic (exact) mass is 216 g/mol. The van der Waals surface area contributed by atoms with Gasteiger partial charge < -0.3 is 4.98 Å². The molecule has 5 nitrogen and oxygen atoms in total. The molecule has 5 heteroatoms. The number of aryl methyl sites for hydroxylation is 1. The summed E-state index contributed by atoms with van der Waals surface area (Å²) in [5.74, 6) is 0.495. The highest BCUT2D eigenvalue weighted by atomic mass is 16.1. The van der Waals surface area contributed by atoms with Crippen LogP contribution in [-0.2, 0) is 6.42 Å². The molecule has 0 aliphatic rings. The van der Waals surface area contributed by atoms with Crippen molar-refractivity contribution in [2.75, 3.05) is 0 Å². The Morgan fingerprint density at radius 1 is 1.44 bits per heavy atom. The van der Waals surface area contributed by atoms with Crippen molar-refractivity contribution in [3.63, 3.8) is 0 Å². The maximum atomic E-state index is 11.7. The van der Waals surface area contributed by atoms with Crippen molar-refractivity contribution in [2.45, 2.75) is 20.3 Å². The molecule has 0 aliphatic heterocycles. The topological polar surface area (TPSA) is 71.5 Å². The van der Waals surface area contributed by atoms with Crippen molar-refractivity contribution in [1.29, 1.82) is 0 Å². The molecular weight excluding hydrogens is 204 g/mol. The van der Waals surface area contributed by atoms with Gasteiger partial charge in [0.25, 0.3) is 5.56 Å². The van der Waals surface area contributed by atoms with E-state index >= 15 is 0 Å². The lowest BCUT2D eigenvalue weighted by Gasteiger charge is -2.04. The van der Waals surface area contributed by atoms with Crippen LogP contribution in [0.5, 0.6) is 0 Å². The van der Waals surface area contributed by atoms with Gasteiger partial charge in [-0.1, -0.05) is 6.92 Å². The normalized spacial score (nSPS) is 10.4. The molecule has 0 fully saturated rings. The molecule has 2 heterocycles. The second kappa shape index (κ2) is 4.22. The smallest absolute Gasteiger partial charge is 0.254 e. The quantitative estimate of drug-likeness (QED) is 0.815. The number of H-pyrrole nitrogens is 1. The van der Waals surface area contributed by atoms with E-state index in [1.165, 1.54) is 6.33 Å². The van der Waals surface area contributed by atoms with Gasteiger partial charge in [-0.25, -0.2) is 15.0 Å². The first-order valence-corrected chi connectivity index (χ1v) is 5.08. The van der Waals surface area contributed by atoms with E-state index in [0.717, 1.165) is 12.1 Å². The van der Waals surface area contributed by atoms with Crippen LogP contribution in [0.2, 0.25) is 0 Å². The van der Waals surface area contributed by atoms with Gasteiger partial charge in [0.2, 0.25) is 0 Å². The van der Waals surface area contributed by atoms with E-state index in [4.69, 9.17) is 0 Å². The van der Waals surface area contributed by atoms with E-state index < -0.39 is 0 Å². The first-order valence-electron chi connectivity index (χ1n) is 5.08. The van der Waals surface area contributed by atoms with Crippen molar-refractivity contribution < 1.29 is 0 Å². The zero-order valence-corrected chi connectivity index (χ0v) is 9.19. The molecule has 0 aromatic carbocycles. The van der Waals surface area contributed by atoms with Crippen LogP contribution < -0.4 is 5.56 Å². The molecule has 0 spiro atoms. The summed E-state index contributed by atoms with van der Waals surface area (Å²) >= 11 is 0. The number of hydrogen-bond acceptors (Lipinski definition) is 4. The molecule has 0 bridgehead atoms. The first-order chi connectivity index (χ1) is 7.72. The summed E-state index contributed by atoms with van der Waals surface area (Å²) in [6.45, 7) is 3.74. The van der Waals surface area contributed by atoms with Crippen LogP contribution in [0.4, 0.5) is 0 Å². The standard InChI is InChI=1S/C11H12N4O/c1-3-8-7(2)11(16)15-10(14-8)9-4-5-12-6-13-9/h4-6H,3H2,1-2H3,(H,14,15,16). The van der Waals surface area contributed by atoms with Gasteiger partial charge in [0.05, 0.1) is 5.69 Å². The summed E-state index contributed by atoms with van der Waals surface area (Å²) in [4.78, 5) is 26.6. The lowest BCUT2D eigenvalue weighted by Crippen LogP contribution is -2.16. The lowest BCUT2D eigenvalue weighted by atomic mass is 10.2. The Kier molecular flexibility index (Phi) is 2.76. The van der Waals surface area contributed by atoms with Crippen molar-refractivity contribution in [2.24, 2.45) is 0 Å². The fourth-order valence-corrected chi connectivity index (χ4v) is 1.48. The third-order valence-electron chi connectivity index (χ3n) is 2.41. The van der Waals surface area contributed by atoms with Gasteiger partial charge in [-0.15, -0.1) is 0 Å². The van der Waals surface area contributed by atoms with Gasteiger partial charge >= 0.3 is 0 Å². The Labute approximate surface area is 92.6 Å². The molecular formula is C11H12N4O. The van der Waals surface area contributed by atoms with E-state index in [9.17, 15) is 4.79 Å². The summed E-state index contributed by atoms with van der Waals surface area (Å²) in [7, 11) is 0. The Bertz CT molecular complexity index is 548. The number of hydrogen-bond donors (Lipinski definition) is 1. The molecule has 0 radical (unpaired) electrons. The number of nitrogens with zero attached hydrogens (tertiary/aromatic N) is 3. The molecule has 0 saturated heterocycles. The largest absolute Gasteiger partial charge is 0.305 e. The van der Waals surface area contributed by atoms with Gasteiger partial charge in [0.15, 0.2) is 5.82 Å². The Balaban J connectivity index is 2.60. The highest BCUT2D eigenvalue weighted by Gasteiger charge is 2.07. The molecule has 0 atom stereocenters. The minimum absolute atomic E-state index is 0.111. The van der Waals surface area contributed by atoms with Crippen LogP contribution in [0.3, 0.4) is 0 Å². The van der Waals surface area contributed by atoms with Crippen molar-refractivity contribution >= 4 is 0 Å². The molecule has 0 aliphatic carbocycles. The minimum atomic E-state index is -0.111. The average molecular weight is 216 g/mol.